The number of aliphatic carboxylic acids is 1. The molecule has 2 aromatic carbocycles. The molecule has 1 saturated heterocycles. The lowest BCUT2D eigenvalue weighted by Crippen LogP contribution is -2.44. The lowest BCUT2D eigenvalue weighted by molar-refractivity contribution is -0.146. The van der Waals surface area contributed by atoms with Gasteiger partial charge in [-0.3, -0.25) is 9.78 Å². The van der Waals surface area contributed by atoms with Crippen molar-refractivity contribution in [2.24, 2.45) is 11.8 Å². The summed E-state index contributed by atoms with van der Waals surface area (Å²) < 4.78 is 5.36. The zero-order valence-electron chi connectivity index (χ0n) is 19.6. The fraction of sp³-hybridized carbons (Fsp3) is 0.357. The van der Waals surface area contributed by atoms with E-state index in [1.807, 2.05) is 36.5 Å². The van der Waals surface area contributed by atoms with Gasteiger partial charge in [0.25, 0.3) is 0 Å². The van der Waals surface area contributed by atoms with Crippen molar-refractivity contribution in [1.82, 2.24) is 9.88 Å². The van der Waals surface area contributed by atoms with Gasteiger partial charge in [0.1, 0.15) is 5.75 Å². The number of allylic oxidation sites excluding steroid dienone is 1. The molecule has 3 aromatic rings. The Morgan fingerprint density at radius 3 is 2.79 bits per heavy atom. The lowest BCUT2D eigenvalue weighted by atomic mass is 9.83. The minimum absolute atomic E-state index is 0. The number of aryl methyl sites for hydroxylation is 1. The third-order valence-electron chi connectivity index (χ3n) is 6.66. The van der Waals surface area contributed by atoms with Crippen LogP contribution in [0.1, 0.15) is 30.4 Å². The first-order valence-corrected chi connectivity index (χ1v) is 11.7. The molecule has 0 bridgehead atoms. The standard InChI is InChI=1S/C28H32N2O3.ClH/c1-33-24-12-13-27-25(19-24)22(14-16-29-27)10-5-11-23-15-18-30(20-26(23)28(31)32)17-6-9-21-7-3-2-4-8-21;/h2-5,7-8,10,12-14,16,19,23,26H,6,9,11,15,17-18,20H2,1H3,(H,31,32);1H/t23-,26+;/m1./s1. The van der Waals surface area contributed by atoms with Crippen LogP contribution >= 0.6 is 12.4 Å². The molecule has 0 spiro atoms. The average Bonchev–Trinajstić information content (AvgIpc) is 2.85. The highest BCUT2D eigenvalue weighted by molar-refractivity contribution is 5.88. The van der Waals surface area contributed by atoms with E-state index in [0.717, 1.165) is 61.0 Å². The number of ether oxygens (including phenoxy) is 1. The van der Waals surface area contributed by atoms with Crippen LogP contribution in [0, 0.1) is 11.8 Å². The summed E-state index contributed by atoms with van der Waals surface area (Å²) in [4.78, 5) is 18.8. The van der Waals surface area contributed by atoms with E-state index in [-0.39, 0.29) is 24.2 Å². The van der Waals surface area contributed by atoms with E-state index in [0.29, 0.717) is 6.54 Å². The molecule has 2 heterocycles. The van der Waals surface area contributed by atoms with Gasteiger partial charge in [0, 0.05) is 18.1 Å². The molecule has 1 aliphatic heterocycles. The van der Waals surface area contributed by atoms with Crippen molar-refractivity contribution >= 4 is 35.4 Å². The number of aromatic nitrogens is 1. The molecule has 180 valence electrons. The first-order chi connectivity index (χ1) is 16.1. The molecule has 1 aliphatic rings. The molecule has 0 radical (unpaired) electrons. The Kier molecular flexibility index (Phi) is 9.49. The quantitative estimate of drug-likeness (QED) is 0.424. The second kappa shape index (κ2) is 12.5. The van der Waals surface area contributed by atoms with Gasteiger partial charge >= 0.3 is 5.97 Å². The third kappa shape index (κ3) is 6.58. The van der Waals surface area contributed by atoms with Crippen molar-refractivity contribution in [2.45, 2.75) is 25.7 Å². The summed E-state index contributed by atoms with van der Waals surface area (Å²) in [5, 5.41) is 10.9. The first kappa shape index (κ1) is 25.7. The number of likely N-dealkylation sites (tertiary alicyclic amines) is 1. The number of piperidine rings is 1. The Bertz CT molecular complexity index is 1100. The van der Waals surface area contributed by atoms with Crippen LogP contribution in [0.2, 0.25) is 0 Å². The van der Waals surface area contributed by atoms with Crippen LogP contribution in [-0.4, -0.2) is 47.7 Å². The Morgan fingerprint density at radius 1 is 1.21 bits per heavy atom. The number of fused-ring (bicyclic) bond motifs is 1. The molecule has 4 rings (SSSR count). The summed E-state index contributed by atoms with van der Waals surface area (Å²) in [6, 6.07) is 18.3. The number of halogens is 1. The maximum Gasteiger partial charge on any atom is 0.308 e. The summed E-state index contributed by atoms with van der Waals surface area (Å²) in [5.41, 5.74) is 3.34. The van der Waals surface area contributed by atoms with Gasteiger partial charge in [-0.05, 0) is 80.1 Å². The maximum absolute atomic E-state index is 12.0. The fourth-order valence-electron chi connectivity index (χ4n) is 4.77. The first-order valence-electron chi connectivity index (χ1n) is 11.7. The van der Waals surface area contributed by atoms with Gasteiger partial charge in [0.2, 0.25) is 0 Å². The van der Waals surface area contributed by atoms with Crippen molar-refractivity contribution in [3.8, 4) is 5.75 Å². The molecule has 5 nitrogen and oxygen atoms in total. The molecule has 6 heteroatoms. The van der Waals surface area contributed by atoms with Crippen molar-refractivity contribution in [3.05, 3.63) is 78.0 Å². The summed E-state index contributed by atoms with van der Waals surface area (Å²) in [7, 11) is 1.66. The molecular weight excluding hydrogens is 448 g/mol. The van der Waals surface area contributed by atoms with E-state index in [9.17, 15) is 9.90 Å². The normalized spacial score (nSPS) is 18.6. The number of hydrogen-bond donors (Lipinski definition) is 1. The predicted octanol–water partition coefficient (Wildman–Crippen LogP) is 5.72. The maximum atomic E-state index is 12.0. The number of carboxylic acid groups (broad SMARTS) is 1. The van der Waals surface area contributed by atoms with Crippen molar-refractivity contribution in [2.75, 3.05) is 26.7 Å². The van der Waals surface area contributed by atoms with E-state index in [1.54, 1.807) is 7.11 Å². The van der Waals surface area contributed by atoms with Gasteiger partial charge in [-0.1, -0.05) is 42.5 Å². The van der Waals surface area contributed by atoms with Crippen LogP contribution in [0.5, 0.6) is 5.75 Å². The Hall–Kier alpha value is -2.89. The van der Waals surface area contributed by atoms with E-state index < -0.39 is 5.97 Å². The van der Waals surface area contributed by atoms with E-state index in [4.69, 9.17) is 4.74 Å². The van der Waals surface area contributed by atoms with Gasteiger partial charge in [-0.25, -0.2) is 0 Å². The number of carbonyl (C=O) groups is 1. The summed E-state index contributed by atoms with van der Waals surface area (Å²) >= 11 is 0. The molecule has 0 saturated carbocycles. The average molecular weight is 481 g/mol. The second-order valence-electron chi connectivity index (χ2n) is 8.80. The number of pyridine rings is 1. The largest absolute Gasteiger partial charge is 0.497 e. The van der Waals surface area contributed by atoms with Crippen LogP contribution < -0.4 is 4.74 Å². The van der Waals surface area contributed by atoms with Gasteiger partial charge in [-0.2, -0.15) is 0 Å². The third-order valence-corrected chi connectivity index (χ3v) is 6.66. The lowest BCUT2D eigenvalue weighted by Gasteiger charge is -2.36. The van der Waals surface area contributed by atoms with Crippen LogP contribution in [0.3, 0.4) is 0 Å². The highest BCUT2D eigenvalue weighted by Crippen LogP contribution is 2.29. The van der Waals surface area contributed by atoms with E-state index in [1.165, 1.54) is 5.56 Å². The summed E-state index contributed by atoms with van der Waals surface area (Å²) in [6.45, 7) is 2.55. The Morgan fingerprint density at radius 2 is 2.03 bits per heavy atom. The number of methoxy groups -OCH3 is 1. The molecule has 2 atom stereocenters. The van der Waals surface area contributed by atoms with E-state index >= 15 is 0 Å². The minimum atomic E-state index is -0.680. The Labute approximate surface area is 207 Å². The van der Waals surface area contributed by atoms with Crippen LogP contribution in [0.15, 0.2) is 66.9 Å². The zero-order chi connectivity index (χ0) is 23.0. The SMILES string of the molecule is COc1ccc2nccc(C=CC[C@@H]3CCN(CCCc4ccccc4)C[C@@H]3C(=O)O)c2c1.Cl. The number of carboxylic acids is 1. The number of benzene rings is 2. The molecule has 1 fully saturated rings. The molecular formula is C28H33ClN2O3. The zero-order valence-corrected chi connectivity index (χ0v) is 20.4. The van der Waals surface area contributed by atoms with Gasteiger partial charge < -0.3 is 14.7 Å². The van der Waals surface area contributed by atoms with Crippen LogP contribution in [0.25, 0.3) is 17.0 Å². The molecule has 0 aliphatic carbocycles. The van der Waals surface area contributed by atoms with Gasteiger partial charge in [0.05, 0.1) is 18.5 Å². The summed E-state index contributed by atoms with van der Waals surface area (Å²) in [5.74, 6) is -0.0443. The van der Waals surface area contributed by atoms with Gasteiger partial charge in [-0.15, -0.1) is 12.4 Å². The predicted molar refractivity (Wildman–Crippen MR) is 140 cm³/mol. The fourth-order valence-corrected chi connectivity index (χ4v) is 4.77. The van der Waals surface area contributed by atoms with E-state index in [2.05, 4.69) is 46.3 Å². The molecule has 34 heavy (non-hydrogen) atoms. The number of nitrogens with zero attached hydrogens (tertiary/aromatic N) is 2. The molecule has 0 amide bonds. The summed E-state index contributed by atoms with van der Waals surface area (Å²) in [6.07, 6.45) is 9.79. The topological polar surface area (TPSA) is 62.7 Å². The smallest absolute Gasteiger partial charge is 0.308 e. The minimum Gasteiger partial charge on any atom is -0.497 e. The molecule has 1 aromatic heterocycles. The Balaban J connectivity index is 0.00000324. The van der Waals surface area contributed by atoms with Gasteiger partial charge in [0.15, 0.2) is 0 Å². The van der Waals surface area contributed by atoms with Crippen LogP contribution in [0.4, 0.5) is 0 Å². The van der Waals surface area contributed by atoms with Crippen molar-refractivity contribution < 1.29 is 14.6 Å². The number of hydrogen-bond acceptors (Lipinski definition) is 4. The van der Waals surface area contributed by atoms with Crippen LogP contribution in [-0.2, 0) is 11.2 Å². The monoisotopic (exact) mass is 480 g/mol. The second-order valence-corrected chi connectivity index (χ2v) is 8.80. The molecule has 0 unspecified atom stereocenters. The van der Waals surface area contributed by atoms with Crippen molar-refractivity contribution in [3.63, 3.8) is 0 Å². The molecule has 1 N–H and O–H groups in total. The van der Waals surface area contributed by atoms with Crippen molar-refractivity contribution in [1.29, 1.82) is 0 Å². The highest BCUT2D eigenvalue weighted by Gasteiger charge is 2.33. The number of rotatable bonds is 9. The highest BCUT2D eigenvalue weighted by atomic mass is 35.5.